The number of nitrogens with one attached hydrogen (secondary N) is 1. The van der Waals surface area contributed by atoms with E-state index in [0.29, 0.717) is 5.56 Å². The minimum atomic E-state index is -0.154. The Morgan fingerprint density at radius 1 is 0.929 bits per heavy atom. The van der Waals surface area contributed by atoms with Gasteiger partial charge in [-0.05, 0) is 62.4 Å². The van der Waals surface area contributed by atoms with Gasteiger partial charge in [-0.2, -0.15) is 0 Å². The van der Waals surface area contributed by atoms with Crippen LogP contribution in [-0.4, -0.2) is 49.0 Å². The summed E-state index contributed by atoms with van der Waals surface area (Å²) in [5.41, 5.74) is 2.43. The van der Waals surface area contributed by atoms with E-state index in [9.17, 15) is 9.59 Å². The van der Waals surface area contributed by atoms with Gasteiger partial charge in [0, 0.05) is 50.0 Å². The average molecular weight is 381 g/mol. The fourth-order valence-corrected chi connectivity index (χ4v) is 3.20. The highest BCUT2D eigenvalue weighted by Crippen LogP contribution is 2.21. The minimum Gasteiger partial charge on any atom is -0.491 e. The summed E-state index contributed by atoms with van der Waals surface area (Å²) in [6, 6.07) is 14.9. The average Bonchev–Trinajstić information content (AvgIpc) is 2.69. The van der Waals surface area contributed by atoms with Crippen molar-refractivity contribution < 1.29 is 14.3 Å². The van der Waals surface area contributed by atoms with Crippen LogP contribution in [0.2, 0.25) is 0 Å². The van der Waals surface area contributed by atoms with Crippen LogP contribution < -0.4 is 15.0 Å². The van der Waals surface area contributed by atoms with E-state index in [2.05, 4.69) is 10.2 Å². The van der Waals surface area contributed by atoms with Crippen LogP contribution in [0.3, 0.4) is 0 Å². The van der Waals surface area contributed by atoms with Crippen LogP contribution in [0.4, 0.5) is 11.4 Å². The van der Waals surface area contributed by atoms with Crippen LogP contribution in [0.1, 0.15) is 31.1 Å². The molecule has 0 aromatic heterocycles. The number of hydrogen-bond donors (Lipinski definition) is 1. The van der Waals surface area contributed by atoms with Gasteiger partial charge in [-0.3, -0.25) is 9.59 Å². The zero-order valence-corrected chi connectivity index (χ0v) is 16.6. The highest BCUT2D eigenvalue weighted by atomic mass is 16.5. The molecule has 1 fully saturated rings. The predicted octanol–water partition coefficient (Wildman–Crippen LogP) is 3.39. The van der Waals surface area contributed by atoms with Crippen molar-refractivity contribution in [2.24, 2.45) is 0 Å². The zero-order valence-electron chi connectivity index (χ0n) is 16.6. The van der Waals surface area contributed by atoms with Gasteiger partial charge >= 0.3 is 0 Å². The molecule has 148 valence electrons. The van der Waals surface area contributed by atoms with Crippen molar-refractivity contribution in [1.29, 1.82) is 0 Å². The molecule has 0 radical (unpaired) electrons. The Morgan fingerprint density at radius 3 is 2.07 bits per heavy atom. The molecule has 0 atom stereocenters. The number of carbonyl (C=O) groups is 2. The molecule has 0 spiro atoms. The Kier molecular flexibility index (Phi) is 6.19. The molecule has 1 N–H and O–H groups in total. The molecule has 2 aromatic carbocycles. The van der Waals surface area contributed by atoms with Crippen molar-refractivity contribution in [3.05, 3.63) is 54.1 Å². The second-order valence-corrected chi connectivity index (χ2v) is 7.19. The zero-order chi connectivity index (χ0) is 20.1. The van der Waals surface area contributed by atoms with Crippen molar-refractivity contribution in [1.82, 2.24) is 4.90 Å². The topological polar surface area (TPSA) is 61.9 Å². The summed E-state index contributed by atoms with van der Waals surface area (Å²) in [6.07, 6.45) is 0.101. The molecule has 2 amide bonds. The van der Waals surface area contributed by atoms with Crippen molar-refractivity contribution in [3.63, 3.8) is 0 Å². The third-order valence-electron chi connectivity index (χ3n) is 4.70. The summed E-state index contributed by atoms with van der Waals surface area (Å²) in [4.78, 5) is 28.0. The molecule has 6 heteroatoms. The molecule has 6 nitrogen and oxygen atoms in total. The van der Waals surface area contributed by atoms with Gasteiger partial charge in [-0.25, -0.2) is 0 Å². The molecule has 1 heterocycles. The number of rotatable bonds is 5. The smallest absolute Gasteiger partial charge is 0.255 e. The maximum atomic E-state index is 12.4. The molecule has 1 aliphatic rings. The Hall–Kier alpha value is -3.02. The monoisotopic (exact) mass is 381 g/mol. The first-order valence-corrected chi connectivity index (χ1v) is 9.61. The molecule has 3 rings (SSSR count). The third-order valence-corrected chi connectivity index (χ3v) is 4.70. The lowest BCUT2D eigenvalue weighted by molar-refractivity contribution is -0.129. The van der Waals surface area contributed by atoms with Crippen LogP contribution in [0.15, 0.2) is 48.5 Å². The fraction of sp³-hybridized carbons (Fsp3) is 0.364. The van der Waals surface area contributed by atoms with Crippen LogP contribution in [-0.2, 0) is 4.79 Å². The molecular weight excluding hydrogens is 354 g/mol. The number of benzene rings is 2. The van der Waals surface area contributed by atoms with E-state index >= 15 is 0 Å². The van der Waals surface area contributed by atoms with Crippen LogP contribution >= 0.6 is 0 Å². The normalized spacial score (nSPS) is 14.1. The highest BCUT2D eigenvalue weighted by molar-refractivity contribution is 6.04. The largest absolute Gasteiger partial charge is 0.491 e. The first-order valence-electron chi connectivity index (χ1n) is 9.61. The third kappa shape index (κ3) is 5.03. The molecule has 0 saturated carbocycles. The van der Waals surface area contributed by atoms with Gasteiger partial charge in [0.05, 0.1) is 6.10 Å². The summed E-state index contributed by atoms with van der Waals surface area (Å²) in [6.45, 7) is 8.65. The molecule has 0 bridgehead atoms. The van der Waals surface area contributed by atoms with E-state index in [1.807, 2.05) is 43.0 Å². The van der Waals surface area contributed by atoms with Gasteiger partial charge in [0.2, 0.25) is 5.91 Å². The van der Waals surface area contributed by atoms with Crippen molar-refractivity contribution in [3.8, 4) is 5.75 Å². The Bertz CT molecular complexity index is 808. The van der Waals surface area contributed by atoms with Gasteiger partial charge in [-0.1, -0.05) is 0 Å². The van der Waals surface area contributed by atoms with Gasteiger partial charge in [0.15, 0.2) is 0 Å². The molecule has 2 aromatic rings. The Labute approximate surface area is 166 Å². The Balaban J connectivity index is 1.57. The molecular formula is C22H27N3O3. The molecule has 1 saturated heterocycles. The van der Waals surface area contributed by atoms with E-state index in [1.165, 1.54) is 0 Å². The lowest BCUT2D eigenvalue weighted by Crippen LogP contribution is -2.48. The van der Waals surface area contributed by atoms with E-state index in [4.69, 9.17) is 4.74 Å². The van der Waals surface area contributed by atoms with Crippen LogP contribution in [0.25, 0.3) is 0 Å². The van der Waals surface area contributed by atoms with Gasteiger partial charge < -0.3 is 19.9 Å². The van der Waals surface area contributed by atoms with Gasteiger partial charge in [0.1, 0.15) is 5.75 Å². The second kappa shape index (κ2) is 8.78. The van der Waals surface area contributed by atoms with E-state index in [1.54, 1.807) is 31.2 Å². The van der Waals surface area contributed by atoms with Gasteiger partial charge in [0.25, 0.3) is 5.91 Å². The summed E-state index contributed by atoms with van der Waals surface area (Å²) in [7, 11) is 0. The quantitative estimate of drug-likeness (QED) is 0.862. The summed E-state index contributed by atoms with van der Waals surface area (Å²) in [5, 5.41) is 2.92. The van der Waals surface area contributed by atoms with Crippen molar-refractivity contribution in [2.75, 3.05) is 36.4 Å². The maximum Gasteiger partial charge on any atom is 0.255 e. The SMILES string of the molecule is CC(=O)N1CCN(c2ccc(NC(=O)c3ccc(OC(C)C)cc3)cc2)CC1. The number of carbonyl (C=O) groups excluding carboxylic acids is 2. The maximum absolute atomic E-state index is 12.4. The standard InChI is InChI=1S/C22H27N3O3/c1-16(2)28-21-10-4-18(5-11-21)22(27)23-19-6-8-20(9-7-19)25-14-12-24(13-15-25)17(3)26/h4-11,16H,12-15H2,1-3H3,(H,23,27). The van der Waals surface area contributed by atoms with Crippen molar-refractivity contribution >= 4 is 23.2 Å². The van der Waals surface area contributed by atoms with Crippen LogP contribution in [0.5, 0.6) is 5.75 Å². The molecule has 1 aliphatic heterocycles. The molecule has 0 aliphatic carbocycles. The van der Waals surface area contributed by atoms with Crippen molar-refractivity contribution in [2.45, 2.75) is 26.9 Å². The lowest BCUT2D eigenvalue weighted by Gasteiger charge is -2.35. The number of nitrogens with zero attached hydrogens (tertiary/aromatic N) is 2. The number of anilines is 2. The first kappa shape index (κ1) is 19.7. The van der Waals surface area contributed by atoms with E-state index in [-0.39, 0.29) is 17.9 Å². The van der Waals surface area contributed by atoms with E-state index in [0.717, 1.165) is 43.3 Å². The highest BCUT2D eigenvalue weighted by Gasteiger charge is 2.18. The Morgan fingerprint density at radius 2 is 1.54 bits per heavy atom. The number of ether oxygens (including phenoxy) is 1. The number of hydrogen-bond acceptors (Lipinski definition) is 4. The fourth-order valence-electron chi connectivity index (χ4n) is 3.20. The summed E-state index contributed by atoms with van der Waals surface area (Å²) < 4.78 is 5.60. The molecule has 0 unspecified atom stereocenters. The number of amides is 2. The first-order chi connectivity index (χ1) is 13.4. The van der Waals surface area contributed by atoms with E-state index < -0.39 is 0 Å². The number of piperazine rings is 1. The second-order valence-electron chi connectivity index (χ2n) is 7.19. The van der Waals surface area contributed by atoms with Crippen LogP contribution in [0, 0.1) is 0 Å². The predicted molar refractivity (Wildman–Crippen MR) is 111 cm³/mol. The lowest BCUT2D eigenvalue weighted by atomic mass is 10.2. The molecule has 28 heavy (non-hydrogen) atoms. The minimum absolute atomic E-state index is 0.101. The summed E-state index contributed by atoms with van der Waals surface area (Å²) >= 11 is 0. The summed E-state index contributed by atoms with van der Waals surface area (Å²) in [5.74, 6) is 0.723. The van der Waals surface area contributed by atoms with Gasteiger partial charge in [-0.15, -0.1) is 0 Å².